The van der Waals surface area contributed by atoms with E-state index in [-0.39, 0.29) is 23.7 Å². The number of nitrogens with zero attached hydrogens (tertiary/aromatic N) is 2. The zero-order valence-corrected chi connectivity index (χ0v) is 28.8. The average molecular weight is 729 g/mol. The fourth-order valence-corrected chi connectivity index (χ4v) is 8.87. The zero-order valence-electron chi connectivity index (χ0n) is 25.7. The molecule has 11 nitrogen and oxygen atoms in total. The van der Waals surface area contributed by atoms with Crippen LogP contribution in [0.25, 0.3) is 0 Å². The van der Waals surface area contributed by atoms with Gasteiger partial charge in [-0.1, -0.05) is 52.4 Å². The van der Waals surface area contributed by atoms with E-state index in [1.165, 1.54) is 49.1 Å². The van der Waals surface area contributed by atoms with Gasteiger partial charge in [-0.25, -0.2) is 9.69 Å². The lowest BCUT2D eigenvalue weighted by atomic mass is 9.83. The Balaban J connectivity index is 1.40. The number of aromatic nitrogens is 1. The Morgan fingerprint density at radius 3 is 2.29 bits per heavy atom. The van der Waals surface area contributed by atoms with Gasteiger partial charge < -0.3 is 19.5 Å². The van der Waals surface area contributed by atoms with Crippen molar-refractivity contribution in [1.82, 2.24) is 4.57 Å². The van der Waals surface area contributed by atoms with Crippen molar-refractivity contribution >= 4 is 81.4 Å². The smallest absolute Gasteiger partial charge is 0.338 e. The van der Waals surface area contributed by atoms with Gasteiger partial charge >= 0.3 is 10.8 Å². The SMILES string of the molecule is CCOC(=O)c1ccc(N2C(=O)C3Sc4c(sc(=O)n4CC(=O)Nc4ccc(Cl)c(Cl)c4)[C@H](c4ccc(OC)c(OC)c4)C3C2=O)cc1. The standard InChI is InChI=1S/C33H27Cl2N3O8S2/c1-4-46-32(42)16-5-9-19(10-6-16)38-29(40)26-25(17-7-12-22(44-2)23(13-17)45-3)28-31(47-27(26)30(38)41)37(33(43)48-28)15-24(39)36-18-8-11-20(34)21(35)14-18/h5-14,25-27H,4,15H2,1-3H3,(H,36,39)/t25-,26?,27?/m1/s1. The summed E-state index contributed by atoms with van der Waals surface area (Å²) in [6, 6.07) is 15.8. The number of hydrogen-bond donors (Lipinski definition) is 1. The second kappa shape index (κ2) is 13.7. The summed E-state index contributed by atoms with van der Waals surface area (Å²) in [6.07, 6.45) is 0. The number of anilines is 2. The van der Waals surface area contributed by atoms with Crippen molar-refractivity contribution < 1.29 is 33.4 Å². The Labute approximate surface area is 292 Å². The molecular weight excluding hydrogens is 701 g/mol. The fraction of sp³-hybridized carbons (Fsp3) is 0.242. The molecule has 1 N–H and O–H groups in total. The number of imide groups is 1. The summed E-state index contributed by atoms with van der Waals surface area (Å²) in [5, 5.41) is 2.79. The topological polar surface area (TPSA) is 133 Å². The first kappa shape index (κ1) is 33.6. The number of carbonyl (C=O) groups excluding carboxylic acids is 4. The van der Waals surface area contributed by atoms with E-state index in [0.29, 0.717) is 43.4 Å². The van der Waals surface area contributed by atoms with E-state index in [9.17, 15) is 24.0 Å². The summed E-state index contributed by atoms with van der Waals surface area (Å²) in [6.45, 7) is 1.55. The maximum atomic E-state index is 14.2. The minimum Gasteiger partial charge on any atom is -0.493 e. The molecule has 2 unspecified atom stereocenters. The first-order valence-corrected chi connectivity index (χ1v) is 17.0. The fourth-order valence-electron chi connectivity index (χ4n) is 5.79. The molecule has 1 aromatic heterocycles. The first-order valence-electron chi connectivity index (χ1n) is 14.6. The van der Waals surface area contributed by atoms with Crippen molar-refractivity contribution in [2.75, 3.05) is 31.0 Å². The summed E-state index contributed by atoms with van der Waals surface area (Å²) in [7, 11) is 2.99. The largest absolute Gasteiger partial charge is 0.493 e. The molecule has 0 saturated carbocycles. The highest BCUT2D eigenvalue weighted by molar-refractivity contribution is 8.00. The van der Waals surface area contributed by atoms with Crippen LogP contribution in [0.3, 0.4) is 0 Å². The molecule has 3 aromatic carbocycles. The van der Waals surface area contributed by atoms with Crippen LogP contribution in [0.2, 0.25) is 10.0 Å². The number of halogens is 2. The average Bonchev–Trinajstić information content (AvgIpc) is 3.52. The van der Waals surface area contributed by atoms with Gasteiger partial charge in [0, 0.05) is 16.5 Å². The highest BCUT2D eigenvalue weighted by Crippen LogP contribution is 2.54. The van der Waals surface area contributed by atoms with Gasteiger partial charge in [0.25, 0.3) is 0 Å². The number of ether oxygens (including phenoxy) is 3. The van der Waals surface area contributed by atoms with Gasteiger partial charge in [-0.05, 0) is 67.1 Å². The molecule has 3 atom stereocenters. The molecule has 3 heterocycles. The summed E-state index contributed by atoms with van der Waals surface area (Å²) >= 11 is 14.1. The van der Waals surface area contributed by atoms with E-state index in [1.807, 2.05) is 0 Å². The number of thiazole rings is 1. The number of benzene rings is 3. The lowest BCUT2D eigenvalue weighted by Crippen LogP contribution is -2.33. The van der Waals surface area contributed by atoms with E-state index in [4.69, 9.17) is 37.4 Å². The Morgan fingerprint density at radius 1 is 0.896 bits per heavy atom. The van der Waals surface area contributed by atoms with Crippen LogP contribution in [0.5, 0.6) is 11.5 Å². The molecule has 2 aliphatic rings. The summed E-state index contributed by atoms with van der Waals surface area (Å²) in [5.74, 6) is -2.73. The predicted octanol–water partition coefficient (Wildman–Crippen LogP) is 5.85. The number of amides is 3. The van der Waals surface area contributed by atoms with Crippen molar-refractivity contribution in [1.29, 1.82) is 0 Å². The van der Waals surface area contributed by atoms with E-state index in [1.54, 1.807) is 37.3 Å². The molecule has 1 fully saturated rings. The van der Waals surface area contributed by atoms with E-state index in [0.717, 1.165) is 28.0 Å². The third-order valence-electron chi connectivity index (χ3n) is 7.96. The lowest BCUT2D eigenvalue weighted by Gasteiger charge is -2.31. The van der Waals surface area contributed by atoms with Crippen LogP contribution in [0.15, 0.2) is 70.5 Å². The van der Waals surface area contributed by atoms with Crippen molar-refractivity contribution in [3.05, 3.63) is 96.4 Å². The van der Waals surface area contributed by atoms with Crippen LogP contribution in [-0.4, -0.2) is 54.3 Å². The van der Waals surface area contributed by atoms with Gasteiger partial charge in [0.2, 0.25) is 17.7 Å². The summed E-state index contributed by atoms with van der Waals surface area (Å²) in [4.78, 5) is 68.4. The van der Waals surface area contributed by atoms with Crippen LogP contribution in [-0.2, 0) is 25.7 Å². The number of fused-ring (bicyclic) bond motifs is 2. The molecule has 0 bridgehead atoms. The van der Waals surface area contributed by atoms with Gasteiger partial charge in [-0.15, -0.1) is 0 Å². The summed E-state index contributed by atoms with van der Waals surface area (Å²) < 4.78 is 17.3. The molecular formula is C33H27Cl2N3O8S2. The van der Waals surface area contributed by atoms with Gasteiger partial charge in [0.05, 0.1) is 53.1 Å². The molecule has 248 valence electrons. The second-order valence-corrected chi connectivity index (χ2v) is 13.7. The summed E-state index contributed by atoms with van der Waals surface area (Å²) in [5.41, 5.74) is 1.59. The third-order valence-corrected chi connectivity index (χ3v) is 11.3. The van der Waals surface area contributed by atoms with Gasteiger partial charge in [-0.3, -0.25) is 23.7 Å². The molecule has 6 rings (SSSR count). The highest BCUT2D eigenvalue weighted by atomic mass is 35.5. The molecule has 0 aliphatic carbocycles. The van der Waals surface area contributed by atoms with Crippen molar-refractivity contribution in [2.45, 2.75) is 29.7 Å². The van der Waals surface area contributed by atoms with Gasteiger partial charge in [-0.2, -0.15) is 0 Å². The number of thioether (sulfide) groups is 1. The third kappa shape index (κ3) is 6.07. The molecule has 0 radical (unpaired) electrons. The molecule has 3 amide bonds. The number of hydrogen-bond acceptors (Lipinski definition) is 10. The molecule has 48 heavy (non-hydrogen) atoms. The number of methoxy groups -OCH3 is 2. The second-order valence-electron chi connectivity index (χ2n) is 10.7. The zero-order chi connectivity index (χ0) is 34.3. The Morgan fingerprint density at radius 2 is 1.62 bits per heavy atom. The Hall–Kier alpha value is -4.30. The molecule has 1 saturated heterocycles. The monoisotopic (exact) mass is 727 g/mol. The number of rotatable bonds is 9. The molecule has 4 aromatic rings. The molecule has 0 spiro atoms. The lowest BCUT2D eigenvalue weighted by molar-refractivity contribution is -0.122. The maximum Gasteiger partial charge on any atom is 0.338 e. The Kier molecular flexibility index (Phi) is 9.57. The number of esters is 1. The van der Waals surface area contributed by atoms with E-state index < -0.39 is 45.6 Å². The van der Waals surface area contributed by atoms with Crippen molar-refractivity contribution in [3.8, 4) is 11.5 Å². The molecule has 15 heteroatoms. The van der Waals surface area contributed by atoms with Gasteiger partial charge in [0.15, 0.2) is 11.5 Å². The number of nitrogens with one attached hydrogen (secondary N) is 1. The minimum absolute atomic E-state index is 0.203. The van der Waals surface area contributed by atoms with E-state index >= 15 is 0 Å². The van der Waals surface area contributed by atoms with Crippen LogP contribution in [0.4, 0.5) is 11.4 Å². The van der Waals surface area contributed by atoms with E-state index in [2.05, 4.69) is 5.32 Å². The minimum atomic E-state index is -0.925. The first-order chi connectivity index (χ1) is 23.1. The normalized spacial score (nSPS) is 18.3. The highest BCUT2D eigenvalue weighted by Gasteiger charge is 2.57. The van der Waals surface area contributed by atoms with Crippen LogP contribution >= 0.6 is 46.3 Å². The van der Waals surface area contributed by atoms with Gasteiger partial charge in [0.1, 0.15) is 11.8 Å². The van der Waals surface area contributed by atoms with Crippen molar-refractivity contribution in [2.24, 2.45) is 5.92 Å². The Bertz CT molecular complexity index is 2010. The van der Waals surface area contributed by atoms with Crippen molar-refractivity contribution in [3.63, 3.8) is 0 Å². The van der Waals surface area contributed by atoms with Crippen LogP contribution in [0.1, 0.15) is 33.6 Å². The predicted molar refractivity (Wildman–Crippen MR) is 183 cm³/mol. The van der Waals surface area contributed by atoms with Crippen LogP contribution in [0, 0.1) is 5.92 Å². The number of carbonyl (C=O) groups is 4. The maximum absolute atomic E-state index is 14.2. The molecule has 2 aliphatic heterocycles. The van der Waals surface area contributed by atoms with Crippen LogP contribution < -0.4 is 24.6 Å². The quantitative estimate of drug-likeness (QED) is 0.167.